The second kappa shape index (κ2) is 3.73. The summed E-state index contributed by atoms with van der Waals surface area (Å²) in [6, 6.07) is 4.50. The van der Waals surface area contributed by atoms with Gasteiger partial charge in [-0.15, -0.1) is 0 Å². The molecule has 0 saturated carbocycles. The normalized spacial score (nSPS) is 10.5. The third-order valence-corrected chi connectivity index (χ3v) is 2.29. The summed E-state index contributed by atoms with van der Waals surface area (Å²) >= 11 is 0. The number of aromatic nitrogens is 2. The second-order valence-corrected chi connectivity index (χ2v) is 3.28. The minimum atomic E-state index is -0.301. The number of halogens is 1. The van der Waals surface area contributed by atoms with E-state index in [9.17, 15) is 4.39 Å². The number of anilines is 1. The molecule has 2 N–H and O–H groups in total. The van der Waals surface area contributed by atoms with Gasteiger partial charge in [0.15, 0.2) is 0 Å². The minimum Gasteiger partial charge on any atom is -0.399 e. The number of imidazole rings is 1. The van der Waals surface area contributed by atoms with Gasteiger partial charge in [0, 0.05) is 24.6 Å². The molecule has 15 heavy (non-hydrogen) atoms. The van der Waals surface area contributed by atoms with Crippen LogP contribution in [-0.4, -0.2) is 9.55 Å². The number of rotatable bonds is 2. The maximum atomic E-state index is 13.5. The molecule has 0 saturated heterocycles. The Morgan fingerprint density at radius 2 is 2.27 bits per heavy atom. The van der Waals surface area contributed by atoms with Crippen LogP contribution in [0.2, 0.25) is 0 Å². The first kappa shape index (κ1) is 9.71. The van der Waals surface area contributed by atoms with Crippen LogP contribution in [0.4, 0.5) is 10.1 Å². The van der Waals surface area contributed by atoms with Gasteiger partial charge < -0.3 is 10.3 Å². The van der Waals surface area contributed by atoms with E-state index in [0.29, 0.717) is 17.1 Å². The van der Waals surface area contributed by atoms with Gasteiger partial charge in [0.05, 0.1) is 5.56 Å². The molecule has 0 unspecified atom stereocenters. The smallest absolute Gasteiger partial charge is 0.142 e. The lowest BCUT2D eigenvalue weighted by Gasteiger charge is -2.06. The zero-order valence-corrected chi connectivity index (χ0v) is 8.44. The number of hydrogen-bond acceptors (Lipinski definition) is 2. The molecule has 2 aromatic rings. The van der Waals surface area contributed by atoms with Crippen LogP contribution in [-0.2, 0) is 6.54 Å². The summed E-state index contributed by atoms with van der Waals surface area (Å²) in [6.45, 7) is 2.74. The van der Waals surface area contributed by atoms with Crippen LogP contribution in [0, 0.1) is 5.82 Å². The fourth-order valence-corrected chi connectivity index (χ4v) is 1.52. The molecule has 0 bridgehead atoms. The van der Waals surface area contributed by atoms with E-state index in [1.54, 1.807) is 12.3 Å². The molecule has 4 heteroatoms. The number of nitrogen functional groups attached to an aromatic ring is 1. The molecular weight excluding hydrogens is 193 g/mol. The van der Waals surface area contributed by atoms with Crippen molar-refractivity contribution in [3.8, 4) is 11.4 Å². The molecule has 0 spiro atoms. The molecule has 2 rings (SSSR count). The molecule has 1 aromatic heterocycles. The number of hydrogen-bond donors (Lipinski definition) is 1. The Morgan fingerprint density at radius 3 is 3.00 bits per heavy atom. The summed E-state index contributed by atoms with van der Waals surface area (Å²) in [4.78, 5) is 4.13. The number of nitrogens with two attached hydrogens (primary N) is 1. The summed E-state index contributed by atoms with van der Waals surface area (Å²) in [5.74, 6) is 0.312. The van der Waals surface area contributed by atoms with Crippen LogP contribution >= 0.6 is 0 Å². The Hall–Kier alpha value is -1.84. The predicted octanol–water partition coefficient (Wildman–Crippen LogP) is 2.29. The Labute approximate surface area is 87.4 Å². The lowest BCUT2D eigenvalue weighted by molar-refractivity contribution is 0.627. The molecular formula is C11H12FN3. The molecule has 3 nitrogen and oxygen atoms in total. The van der Waals surface area contributed by atoms with Crippen molar-refractivity contribution in [3.63, 3.8) is 0 Å². The van der Waals surface area contributed by atoms with Gasteiger partial charge in [-0.1, -0.05) is 0 Å². The van der Waals surface area contributed by atoms with Gasteiger partial charge in [-0.25, -0.2) is 9.37 Å². The summed E-state index contributed by atoms with van der Waals surface area (Å²) in [5.41, 5.74) is 6.61. The van der Waals surface area contributed by atoms with Crippen LogP contribution in [0.5, 0.6) is 0 Å². The molecule has 0 aliphatic carbocycles. The van der Waals surface area contributed by atoms with Crippen LogP contribution < -0.4 is 5.73 Å². The SMILES string of the molecule is CCn1ccnc1-c1cc(N)ccc1F. The van der Waals surface area contributed by atoms with Crippen LogP contribution in [0.3, 0.4) is 0 Å². The monoisotopic (exact) mass is 205 g/mol. The van der Waals surface area contributed by atoms with Gasteiger partial charge in [0.25, 0.3) is 0 Å². The average molecular weight is 205 g/mol. The molecule has 0 aliphatic heterocycles. The summed E-state index contributed by atoms with van der Waals surface area (Å²) in [7, 11) is 0. The second-order valence-electron chi connectivity index (χ2n) is 3.28. The quantitative estimate of drug-likeness (QED) is 0.764. The summed E-state index contributed by atoms with van der Waals surface area (Å²) in [5, 5.41) is 0. The molecule has 0 amide bonds. The predicted molar refractivity (Wildman–Crippen MR) is 57.7 cm³/mol. The fourth-order valence-electron chi connectivity index (χ4n) is 1.52. The first-order chi connectivity index (χ1) is 7.22. The molecule has 0 atom stereocenters. The van der Waals surface area contributed by atoms with Gasteiger partial charge >= 0.3 is 0 Å². The molecule has 1 aromatic carbocycles. The van der Waals surface area contributed by atoms with Crippen LogP contribution in [0.15, 0.2) is 30.6 Å². The van der Waals surface area contributed by atoms with Crippen LogP contribution in [0.25, 0.3) is 11.4 Å². The topological polar surface area (TPSA) is 43.8 Å². The zero-order valence-electron chi connectivity index (χ0n) is 8.44. The van der Waals surface area contributed by atoms with E-state index in [1.165, 1.54) is 12.1 Å². The molecule has 78 valence electrons. The van der Waals surface area contributed by atoms with E-state index < -0.39 is 0 Å². The minimum absolute atomic E-state index is 0.301. The van der Waals surface area contributed by atoms with Crippen LogP contribution in [0.1, 0.15) is 6.92 Å². The Morgan fingerprint density at radius 1 is 1.47 bits per heavy atom. The maximum absolute atomic E-state index is 13.5. The summed E-state index contributed by atoms with van der Waals surface area (Å²) in [6.07, 6.45) is 3.47. The van der Waals surface area contributed by atoms with Crippen molar-refractivity contribution in [2.24, 2.45) is 0 Å². The van der Waals surface area contributed by atoms with E-state index in [0.717, 1.165) is 6.54 Å². The Balaban J connectivity index is 2.58. The highest BCUT2D eigenvalue weighted by Crippen LogP contribution is 2.23. The van der Waals surface area contributed by atoms with Gasteiger partial charge in [-0.3, -0.25) is 0 Å². The first-order valence-electron chi connectivity index (χ1n) is 4.79. The fraction of sp³-hybridized carbons (Fsp3) is 0.182. The molecule has 0 aliphatic rings. The van der Waals surface area contributed by atoms with E-state index in [1.807, 2.05) is 17.7 Å². The maximum Gasteiger partial charge on any atom is 0.142 e. The van der Waals surface area contributed by atoms with Crippen molar-refractivity contribution in [1.82, 2.24) is 9.55 Å². The highest BCUT2D eigenvalue weighted by Gasteiger charge is 2.10. The first-order valence-corrected chi connectivity index (χ1v) is 4.79. The van der Waals surface area contributed by atoms with Crippen molar-refractivity contribution in [1.29, 1.82) is 0 Å². The molecule has 0 fully saturated rings. The third kappa shape index (κ3) is 1.70. The molecule has 1 heterocycles. The van der Waals surface area contributed by atoms with Crippen molar-refractivity contribution < 1.29 is 4.39 Å². The highest BCUT2D eigenvalue weighted by atomic mass is 19.1. The Bertz CT molecular complexity index is 476. The number of benzene rings is 1. The number of nitrogens with zero attached hydrogens (tertiary/aromatic N) is 2. The van der Waals surface area contributed by atoms with E-state index >= 15 is 0 Å². The highest BCUT2D eigenvalue weighted by molar-refractivity contribution is 5.62. The van der Waals surface area contributed by atoms with Gasteiger partial charge in [-0.2, -0.15) is 0 Å². The largest absolute Gasteiger partial charge is 0.399 e. The Kier molecular flexibility index (Phi) is 2.41. The lowest BCUT2D eigenvalue weighted by Crippen LogP contribution is -1.98. The average Bonchev–Trinajstić information content (AvgIpc) is 2.69. The van der Waals surface area contributed by atoms with E-state index in [-0.39, 0.29) is 5.82 Å². The zero-order chi connectivity index (χ0) is 10.8. The third-order valence-electron chi connectivity index (χ3n) is 2.29. The van der Waals surface area contributed by atoms with Crippen molar-refractivity contribution in [2.75, 3.05) is 5.73 Å². The summed E-state index contributed by atoms with van der Waals surface area (Å²) < 4.78 is 15.4. The van der Waals surface area contributed by atoms with Gasteiger partial charge in [0.2, 0.25) is 0 Å². The van der Waals surface area contributed by atoms with Gasteiger partial charge in [-0.05, 0) is 25.1 Å². The van der Waals surface area contributed by atoms with E-state index in [4.69, 9.17) is 5.73 Å². The number of aryl methyl sites for hydroxylation is 1. The van der Waals surface area contributed by atoms with Crippen molar-refractivity contribution in [3.05, 3.63) is 36.4 Å². The van der Waals surface area contributed by atoms with Crippen molar-refractivity contribution >= 4 is 5.69 Å². The standard InChI is InChI=1S/C11H12FN3/c1-2-15-6-5-14-11(15)9-7-8(13)3-4-10(9)12/h3-7H,2,13H2,1H3. The lowest BCUT2D eigenvalue weighted by atomic mass is 10.2. The van der Waals surface area contributed by atoms with Gasteiger partial charge in [0.1, 0.15) is 11.6 Å². The van der Waals surface area contributed by atoms with Crippen molar-refractivity contribution in [2.45, 2.75) is 13.5 Å². The van der Waals surface area contributed by atoms with E-state index in [2.05, 4.69) is 4.98 Å². The molecule has 0 radical (unpaired) electrons.